The number of piperidine rings is 1. The van der Waals surface area contributed by atoms with Crippen molar-refractivity contribution >= 4 is 34.9 Å². The zero-order valence-corrected chi connectivity index (χ0v) is 18.5. The first-order valence-corrected chi connectivity index (χ1v) is 10.7. The van der Waals surface area contributed by atoms with Crippen LogP contribution in [0.4, 0.5) is 32.3 Å². The third-order valence-corrected chi connectivity index (χ3v) is 5.48. The van der Waals surface area contributed by atoms with Crippen LogP contribution in [-0.2, 0) is 0 Å². The van der Waals surface area contributed by atoms with Crippen LogP contribution < -0.4 is 20.9 Å². The van der Waals surface area contributed by atoms with Gasteiger partial charge in [0.05, 0.1) is 41.4 Å². The molecule has 14 heteroatoms. The number of benzene rings is 1. The molecule has 3 aromatic rings. The summed E-state index contributed by atoms with van der Waals surface area (Å²) >= 11 is 0. The molecular formula is C21H21FN10O3. The highest BCUT2D eigenvalue weighted by Gasteiger charge is 2.31. The monoisotopic (exact) mass is 480 g/mol. The molecule has 35 heavy (non-hydrogen) atoms. The van der Waals surface area contributed by atoms with Crippen LogP contribution in [-0.4, -0.2) is 67.7 Å². The predicted octanol–water partition coefficient (Wildman–Crippen LogP) is 1.39. The third-order valence-electron chi connectivity index (χ3n) is 5.48. The highest BCUT2D eigenvalue weighted by Crippen LogP contribution is 2.32. The maximum absolute atomic E-state index is 15.6. The van der Waals surface area contributed by atoms with Gasteiger partial charge in [0.1, 0.15) is 6.07 Å². The Kier molecular flexibility index (Phi) is 6.48. The molecule has 0 radical (unpaired) electrons. The van der Waals surface area contributed by atoms with Crippen LogP contribution in [0.15, 0.2) is 18.3 Å². The Labute approximate surface area is 198 Å². The molecule has 0 aliphatic carbocycles. The number of aliphatic hydroxyl groups is 1. The second-order valence-electron chi connectivity index (χ2n) is 7.76. The number of halogens is 1. The first-order valence-electron chi connectivity index (χ1n) is 10.7. The number of anilines is 4. The summed E-state index contributed by atoms with van der Waals surface area (Å²) in [4.78, 5) is 20.9. The second-order valence-corrected chi connectivity index (χ2v) is 7.76. The molecule has 1 amide bonds. The van der Waals surface area contributed by atoms with Gasteiger partial charge in [0.25, 0.3) is 0 Å². The van der Waals surface area contributed by atoms with E-state index in [2.05, 4.69) is 31.0 Å². The highest BCUT2D eigenvalue weighted by atomic mass is 19.1. The maximum Gasteiger partial charge on any atom is 0.404 e. The van der Waals surface area contributed by atoms with Crippen molar-refractivity contribution in [2.45, 2.75) is 25.5 Å². The molecule has 1 aliphatic rings. The number of β-amino-alcohol motifs (C(OH)–C–C–N with tert-alkyl or cyclic N) is 1. The number of fused-ring (bicyclic) bond motifs is 1. The molecule has 180 valence electrons. The lowest BCUT2D eigenvalue weighted by Gasteiger charge is -2.37. The number of imidazole rings is 1. The minimum atomic E-state index is -1.25. The largest absolute Gasteiger partial charge is 0.465 e. The number of rotatable bonds is 6. The molecule has 2 aromatic heterocycles. The minimum absolute atomic E-state index is 0.0349. The van der Waals surface area contributed by atoms with Crippen molar-refractivity contribution in [3.05, 3.63) is 35.4 Å². The van der Waals surface area contributed by atoms with Crippen molar-refractivity contribution in [2.75, 3.05) is 35.2 Å². The maximum atomic E-state index is 15.6. The Bertz CT molecular complexity index is 1360. The van der Waals surface area contributed by atoms with Gasteiger partial charge < -0.3 is 31.1 Å². The van der Waals surface area contributed by atoms with E-state index in [4.69, 9.17) is 5.11 Å². The molecule has 1 aliphatic heterocycles. The Balaban J connectivity index is 1.69. The molecular weight excluding hydrogens is 459 g/mol. The Hall–Kier alpha value is -4.69. The van der Waals surface area contributed by atoms with Crippen molar-refractivity contribution in [1.82, 2.24) is 24.9 Å². The molecule has 4 rings (SSSR count). The molecule has 2 atom stereocenters. The summed E-state index contributed by atoms with van der Waals surface area (Å²) in [6.45, 7) is 2.58. The van der Waals surface area contributed by atoms with E-state index < -0.39 is 24.1 Å². The summed E-state index contributed by atoms with van der Waals surface area (Å²) in [5.74, 6) is -0.410. The van der Waals surface area contributed by atoms with Gasteiger partial charge in [-0.1, -0.05) is 0 Å². The van der Waals surface area contributed by atoms with Gasteiger partial charge in [0, 0.05) is 19.6 Å². The summed E-state index contributed by atoms with van der Waals surface area (Å²) in [7, 11) is 0. The molecule has 1 saturated heterocycles. The normalized spacial score (nSPS) is 17.5. The van der Waals surface area contributed by atoms with Crippen molar-refractivity contribution in [3.8, 4) is 12.1 Å². The lowest BCUT2D eigenvalue weighted by molar-refractivity contribution is 0.108. The highest BCUT2D eigenvalue weighted by molar-refractivity contribution is 5.70. The molecule has 0 saturated carbocycles. The van der Waals surface area contributed by atoms with Crippen LogP contribution in [0.5, 0.6) is 0 Å². The van der Waals surface area contributed by atoms with Crippen LogP contribution in [0.1, 0.15) is 24.6 Å². The molecule has 1 aromatic carbocycles. The molecule has 5 N–H and O–H groups in total. The van der Waals surface area contributed by atoms with Crippen LogP contribution in [0.2, 0.25) is 0 Å². The minimum Gasteiger partial charge on any atom is -0.465 e. The SMILES string of the molecule is CCNc1nc(Nc2cc(C#N)cc(N3CC[C@@H](NC(=O)O)[C@@H](O)C3)c2F)nn2c(C#N)cnc12. The number of hydrogen-bond donors (Lipinski definition) is 5. The lowest BCUT2D eigenvalue weighted by atomic mass is 10.0. The number of nitrogens with one attached hydrogen (secondary N) is 3. The van der Waals surface area contributed by atoms with Gasteiger partial charge in [-0.3, -0.25) is 0 Å². The fourth-order valence-corrected chi connectivity index (χ4v) is 3.89. The van der Waals surface area contributed by atoms with Gasteiger partial charge in [-0.2, -0.15) is 20.0 Å². The first kappa shape index (κ1) is 23.5. The zero-order chi connectivity index (χ0) is 25.1. The molecule has 0 bridgehead atoms. The molecule has 0 unspecified atom stereocenters. The average Bonchev–Trinajstić information content (AvgIpc) is 3.25. The summed E-state index contributed by atoms with van der Waals surface area (Å²) in [6, 6.07) is 5.93. The number of amides is 1. The Morgan fingerprint density at radius 2 is 2.14 bits per heavy atom. The van der Waals surface area contributed by atoms with Crippen LogP contribution in [0, 0.1) is 28.5 Å². The second kappa shape index (κ2) is 9.66. The van der Waals surface area contributed by atoms with Crippen molar-refractivity contribution < 1.29 is 19.4 Å². The van der Waals surface area contributed by atoms with E-state index in [0.717, 1.165) is 0 Å². The van der Waals surface area contributed by atoms with E-state index in [0.29, 0.717) is 18.0 Å². The number of hydrogen-bond acceptors (Lipinski definition) is 10. The van der Waals surface area contributed by atoms with E-state index >= 15 is 4.39 Å². The number of nitriles is 2. The summed E-state index contributed by atoms with van der Waals surface area (Å²) in [5.41, 5.74) is 0.612. The van der Waals surface area contributed by atoms with E-state index in [1.54, 1.807) is 4.90 Å². The lowest BCUT2D eigenvalue weighted by Crippen LogP contribution is -2.54. The van der Waals surface area contributed by atoms with Gasteiger partial charge in [0.2, 0.25) is 5.95 Å². The first-order chi connectivity index (χ1) is 16.8. The standard InChI is InChI=1S/C21H21FN10O3/c1-2-25-18-19-26-9-12(8-24)32(19)30-20(29-18)27-14-5-11(7-23)6-15(17(14)22)31-4-3-13(16(33)10-31)28-21(34)35/h5-6,9,13,16,28,33H,2-4,10H2,1H3,(H,34,35)(H2,25,27,29,30)/t13-,16+/m1/s1. The van der Waals surface area contributed by atoms with Gasteiger partial charge in [-0.05, 0) is 25.5 Å². The average molecular weight is 480 g/mol. The van der Waals surface area contributed by atoms with E-state index in [9.17, 15) is 20.4 Å². The Morgan fingerprint density at radius 3 is 2.80 bits per heavy atom. The summed E-state index contributed by atoms with van der Waals surface area (Å²) in [5, 5.41) is 50.4. The topological polar surface area (TPSA) is 188 Å². The molecule has 0 spiro atoms. The predicted molar refractivity (Wildman–Crippen MR) is 122 cm³/mol. The van der Waals surface area contributed by atoms with Crippen LogP contribution >= 0.6 is 0 Å². The van der Waals surface area contributed by atoms with E-state index in [1.807, 2.05) is 19.1 Å². The van der Waals surface area contributed by atoms with Crippen molar-refractivity contribution in [1.29, 1.82) is 10.5 Å². The fourth-order valence-electron chi connectivity index (χ4n) is 3.89. The van der Waals surface area contributed by atoms with Crippen molar-refractivity contribution in [2.24, 2.45) is 0 Å². The van der Waals surface area contributed by atoms with Gasteiger partial charge >= 0.3 is 6.09 Å². The zero-order valence-electron chi connectivity index (χ0n) is 18.5. The van der Waals surface area contributed by atoms with Crippen molar-refractivity contribution in [3.63, 3.8) is 0 Å². The number of carbonyl (C=O) groups is 1. The summed E-state index contributed by atoms with van der Waals surface area (Å²) < 4.78 is 16.9. The van der Waals surface area contributed by atoms with Gasteiger partial charge in [-0.15, -0.1) is 5.10 Å². The molecule has 3 heterocycles. The quantitative estimate of drug-likeness (QED) is 0.343. The van der Waals surface area contributed by atoms with Crippen LogP contribution in [0.25, 0.3) is 5.65 Å². The van der Waals surface area contributed by atoms with E-state index in [-0.39, 0.29) is 48.1 Å². The number of carboxylic acid groups (broad SMARTS) is 1. The van der Waals surface area contributed by atoms with Gasteiger partial charge in [0.15, 0.2) is 23.0 Å². The number of aliphatic hydroxyl groups excluding tert-OH is 1. The smallest absolute Gasteiger partial charge is 0.404 e. The molecule has 13 nitrogen and oxygen atoms in total. The summed E-state index contributed by atoms with van der Waals surface area (Å²) in [6.07, 6.45) is -0.730. The van der Waals surface area contributed by atoms with Gasteiger partial charge in [-0.25, -0.2) is 14.2 Å². The Morgan fingerprint density at radius 1 is 1.34 bits per heavy atom. The number of nitrogens with zero attached hydrogens (tertiary/aromatic N) is 7. The fraction of sp³-hybridized carbons (Fsp3) is 0.333. The number of aromatic nitrogens is 4. The molecule has 1 fully saturated rings. The van der Waals surface area contributed by atoms with E-state index in [1.165, 1.54) is 22.8 Å². The van der Waals surface area contributed by atoms with Crippen LogP contribution in [0.3, 0.4) is 0 Å². The third kappa shape index (κ3) is 4.68.